The Kier molecular flexibility index (Phi) is 3.25. The minimum atomic E-state index is 0.300. The van der Waals surface area contributed by atoms with Gasteiger partial charge < -0.3 is 5.32 Å². The molecule has 1 fully saturated rings. The molecule has 0 bridgehead atoms. The van der Waals surface area contributed by atoms with Gasteiger partial charge in [0.15, 0.2) is 0 Å². The Balaban J connectivity index is 1.96. The third-order valence-corrected chi connectivity index (χ3v) is 4.89. The Labute approximate surface area is 118 Å². The van der Waals surface area contributed by atoms with Gasteiger partial charge in [0.05, 0.1) is 0 Å². The predicted octanol–water partition coefficient (Wildman–Crippen LogP) is 3.08. The molecular formula is C15H21BrN2. The number of rotatable bonds is 1. The molecule has 0 saturated carbocycles. The van der Waals surface area contributed by atoms with Gasteiger partial charge in [-0.3, -0.25) is 4.90 Å². The molecule has 1 heterocycles. The van der Waals surface area contributed by atoms with Crippen molar-refractivity contribution in [3.63, 3.8) is 0 Å². The van der Waals surface area contributed by atoms with Crippen LogP contribution in [0.15, 0.2) is 22.7 Å². The fourth-order valence-electron chi connectivity index (χ4n) is 3.43. The first kappa shape index (κ1) is 12.6. The van der Waals surface area contributed by atoms with Crippen LogP contribution < -0.4 is 5.32 Å². The van der Waals surface area contributed by atoms with Crippen LogP contribution in [0.1, 0.15) is 37.4 Å². The number of halogens is 1. The molecule has 0 amide bonds. The highest BCUT2D eigenvalue weighted by molar-refractivity contribution is 9.10. The number of benzene rings is 1. The Bertz CT molecular complexity index is 450. The zero-order valence-electron chi connectivity index (χ0n) is 11.2. The zero-order valence-corrected chi connectivity index (χ0v) is 12.8. The maximum Gasteiger partial charge on any atom is 0.0360 e. The van der Waals surface area contributed by atoms with Gasteiger partial charge in [-0.15, -0.1) is 0 Å². The number of fused-ring (bicyclic) bond motifs is 1. The van der Waals surface area contributed by atoms with E-state index in [4.69, 9.17) is 0 Å². The van der Waals surface area contributed by atoms with Gasteiger partial charge in [-0.2, -0.15) is 0 Å². The Morgan fingerprint density at radius 3 is 2.72 bits per heavy atom. The van der Waals surface area contributed by atoms with Crippen LogP contribution in [0.3, 0.4) is 0 Å². The number of nitrogens with zero attached hydrogens (tertiary/aromatic N) is 1. The molecule has 1 aliphatic heterocycles. The van der Waals surface area contributed by atoms with E-state index >= 15 is 0 Å². The Hall–Kier alpha value is -0.380. The topological polar surface area (TPSA) is 15.3 Å². The van der Waals surface area contributed by atoms with Crippen molar-refractivity contribution < 1.29 is 0 Å². The highest BCUT2D eigenvalue weighted by Gasteiger charge is 2.39. The number of nitrogens with one attached hydrogen (secondary N) is 1. The zero-order chi connectivity index (χ0) is 12.8. The Morgan fingerprint density at radius 2 is 2.00 bits per heavy atom. The summed E-state index contributed by atoms with van der Waals surface area (Å²) in [5, 5.41) is 3.44. The van der Waals surface area contributed by atoms with E-state index in [9.17, 15) is 0 Å². The van der Waals surface area contributed by atoms with Gasteiger partial charge in [0, 0.05) is 36.7 Å². The highest BCUT2D eigenvalue weighted by atomic mass is 79.9. The number of piperazine rings is 1. The SMILES string of the molecule is CC1(C)CC(N2CCNCC2)c2ccc(Br)cc21. The standard InChI is InChI=1S/C15H21BrN2/c1-15(2)10-14(18-7-5-17-6-8-18)12-4-3-11(16)9-13(12)15/h3-4,9,14,17H,5-8,10H2,1-2H3. The molecule has 1 atom stereocenters. The summed E-state index contributed by atoms with van der Waals surface area (Å²) in [4.78, 5) is 2.65. The van der Waals surface area contributed by atoms with E-state index in [1.165, 1.54) is 29.5 Å². The smallest absolute Gasteiger partial charge is 0.0360 e. The highest BCUT2D eigenvalue weighted by Crippen LogP contribution is 2.47. The van der Waals surface area contributed by atoms with Crippen LogP contribution in [0.25, 0.3) is 0 Å². The molecular weight excluding hydrogens is 288 g/mol. The third kappa shape index (κ3) is 2.13. The average molecular weight is 309 g/mol. The van der Waals surface area contributed by atoms with Crippen molar-refractivity contribution in [2.24, 2.45) is 0 Å². The normalized spacial score (nSPS) is 27.2. The lowest BCUT2D eigenvalue weighted by molar-refractivity contribution is 0.161. The summed E-state index contributed by atoms with van der Waals surface area (Å²) in [5.74, 6) is 0. The lowest BCUT2D eigenvalue weighted by atomic mass is 9.86. The van der Waals surface area contributed by atoms with E-state index in [-0.39, 0.29) is 0 Å². The molecule has 3 heteroatoms. The van der Waals surface area contributed by atoms with Crippen molar-refractivity contribution >= 4 is 15.9 Å². The minimum Gasteiger partial charge on any atom is -0.314 e. The molecule has 98 valence electrons. The van der Waals surface area contributed by atoms with E-state index < -0.39 is 0 Å². The van der Waals surface area contributed by atoms with Crippen molar-refractivity contribution in [1.29, 1.82) is 0 Å². The molecule has 0 spiro atoms. The molecule has 2 aliphatic rings. The van der Waals surface area contributed by atoms with Crippen LogP contribution in [0.4, 0.5) is 0 Å². The fraction of sp³-hybridized carbons (Fsp3) is 0.600. The summed E-state index contributed by atoms with van der Waals surface area (Å²) in [5.41, 5.74) is 3.37. The number of hydrogen-bond acceptors (Lipinski definition) is 2. The molecule has 0 radical (unpaired) electrons. The van der Waals surface area contributed by atoms with Crippen LogP contribution >= 0.6 is 15.9 Å². The first-order valence-electron chi connectivity index (χ1n) is 6.83. The minimum absolute atomic E-state index is 0.300. The molecule has 0 aromatic heterocycles. The summed E-state index contributed by atoms with van der Waals surface area (Å²) >= 11 is 3.61. The maximum absolute atomic E-state index is 3.61. The molecule has 2 nitrogen and oxygen atoms in total. The molecule has 1 unspecified atom stereocenters. The Morgan fingerprint density at radius 1 is 1.28 bits per heavy atom. The van der Waals surface area contributed by atoms with Crippen molar-refractivity contribution in [2.75, 3.05) is 26.2 Å². The quantitative estimate of drug-likeness (QED) is 0.858. The fourth-order valence-corrected chi connectivity index (χ4v) is 3.79. The summed E-state index contributed by atoms with van der Waals surface area (Å²) in [7, 11) is 0. The van der Waals surface area contributed by atoms with Gasteiger partial charge in [-0.1, -0.05) is 35.8 Å². The summed E-state index contributed by atoms with van der Waals surface area (Å²) in [6, 6.07) is 7.44. The van der Waals surface area contributed by atoms with Gasteiger partial charge in [-0.25, -0.2) is 0 Å². The molecule has 1 N–H and O–H groups in total. The summed E-state index contributed by atoms with van der Waals surface area (Å²) in [6.45, 7) is 9.36. The lowest BCUT2D eigenvalue weighted by Crippen LogP contribution is -2.44. The van der Waals surface area contributed by atoms with E-state index in [0.29, 0.717) is 11.5 Å². The van der Waals surface area contributed by atoms with Crippen molar-refractivity contribution in [1.82, 2.24) is 10.2 Å². The largest absolute Gasteiger partial charge is 0.314 e. The van der Waals surface area contributed by atoms with E-state index in [1.54, 1.807) is 5.56 Å². The predicted molar refractivity (Wildman–Crippen MR) is 79.0 cm³/mol. The molecule has 1 aromatic carbocycles. The monoisotopic (exact) mass is 308 g/mol. The first-order valence-corrected chi connectivity index (χ1v) is 7.62. The van der Waals surface area contributed by atoms with Gasteiger partial charge >= 0.3 is 0 Å². The second-order valence-electron chi connectivity index (χ2n) is 6.12. The van der Waals surface area contributed by atoms with Crippen molar-refractivity contribution in [3.05, 3.63) is 33.8 Å². The molecule has 1 saturated heterocycles. The third-order valence-electron chi connectivity index (χ3n) is 4.40. The van der Waals surface area contributed by atoms with E-state index in [1.807, 2.05) is 0 Å². The van der Waals surface area contributed by atoms with Crippen LogP contribution in [-0.4, -0.2) is 31.1 Å². The summed E-state index contributed by atoms with van der Waals surface area (Å²) in [6.07, 6.45) is 1.25. The van der Waals surface area contributed by atoms with Gasteiger partial charge in [0.2, 0.25) is 0 Å². The van der Waals surface area contributed by atoms with Gasteiger partial charge in [0.25, 0.3) is 0 Å². The van der Waals surface area contributed by atoms with Crippen LogP contribution in [0.5, 0.6) is 0 Å². The van der Waals surface area contributed by atoms with Crippen LogP contribution in [-0.2, 0) is 5.41 Å². The maximum atomic E-state index is 3.61. The van der Waals surface area contributed by atoms with Crippen molar-refractivity contribution in [3.8, 4) is 0 Å². The van der Waals surface area contributed by atoms with Gasteiger partial charge in [0.1, 0.15) is 0 Å². The second-order valence-corrected chi connectivity index (χ2v) is 7.04. The lowest BCUT2D eigenvalue weighted by Gasteiger charge is -2.34. The van der Waals surface area contributed by atoms with E-state index in [0.717, 1.165) is 13.1 Å². The molecule has 18 heavy (non-hydrogen) atoms. The van der Waals surface area contributed by atoms with Crippen LogP contribution in [0.2, 0.25) is 0 Å². The molecule has 3 rings (SSSR count). The number of hydrogen-bond donors (Lipinski definition) is 1. The second kappa shape index (κ2) is 4.62. The average Bonchev–Trinajstić information content (AvgIpc) is 2.63. The van der Waals surface area contributed by atoms with Gasteiger partial charge in [-0.05, 0) is 35.1 Å². The summed E-state index contributed by atoms with van der Waals surface area (Å²) < 4.78 is 1.20. The molecule has 1 aliphatic carbocycles. The molecule has 1 aromatic rings. The van der Waals surface area contributed by atoms with E-state index in [2.05, 4.69) is 58.2 Å². The van der Waals surface area contributed by atoms with Crippen molar-refractivity contribution in [2.45, 2.75) is 31.7 Å². The van der Waals surface area contributed by atoms with Crippen LogP contribution in [0, 0.1) is 0 Å². The first-order chi connectivity index (χ1) is 8.58.